The van der Waals surface area contributed by atoms with Crippen LogP contribution in [0.2, 0.25) is 0 Å². The fourth-order valence-electron chi connectivity index (χ4n) is 1.93. The second-order valence-electron chi connectivity index (χ2n) is 3.56. The van der Waals surface area contributed by atoms with Gasteiger partial charge in [-0.2, -0.15) is 0 Å². The van der Waals surface area contributed by atoms with Crippen molar-refractivity contribution < 1.29 is 4.74 Å². The molecule has 0 aliphatic carbocycles. The number of rotatable bonds is 1. The van der Waals surface area contributed by atoms with E-state index in [0.717, 1.165) is 27.6 Å². The molecule has 0 aliphatic heterocycles. The maximum atomic E-state index is 5.44. The minimum absolute atomic E-state index is 0.793. The average Bonchev–Trinajstić information content (AvgIpc) is 2.36. The summed E-state index contributed by atoms with van der Waals surface area (Å²) in [4.78, 5) is 8.68. The van der Waals surface area contributed by atoms with Gasteiger partial charge in [-0.3, -0.25) is 9.97 Å². The Kier molecular flexibility index (Phi) is 1.96. The van der Waals surface area contributed by atoms with Gasteiger partial charge in [0.05, 0.1) is 12.6 Å². The summed E-state index contributed by atoms with van der Waals surface area (Å²) in [5.41, 5.74) is 1.81. The van der Waals surface area contributed by atoms with E-state index in [4.69, 9.17) is 4.74 Å². The van der Waals surface area contributed by atoms with Gasteiger partial charge in [-0.05, 0) is 24.3 Å². The lowest BCUT2D eigenvalue weighted by Crippen LogP contribution is -1.90. The molecule has 16 heavy (non-hydrogen) atoms. The zero-order valence-corrected chi connectivity index (χ0v) is 8.84. The highest BCUT2D eigenvalue weighted by molar-refractivity contribution is 6.01. The van der Waals surface area contributed by atoms with E-state index in [9.17, 15) is 0 Å². The van der Waals surface area contributed by atoms with Crippen molar-refractivity contribution in [2.45, 2.75) is 0 Å². The molecule has 2 aromatic heterocycles. The maximum Gasteiger partial charge on any atom is 0.154 e. The van der Waals surface area contributed by atoms with Crippen LogP contribution in [-0.2, 0) is 0 Å². The minimum atomic E-state index is 0.793. The topological polar surface area (TPSA) is 35.0 Å². The second kappa shape index (κ2) is 3.45. The first kappa shape index (κ1) is 9.09. The molecule has 3 aromatic rings. The van der Waals surface area contributed by atoms with Crippen LogP contribution in [0.4, 0.5) is 0 Å². The number of benzene rings is 1. The Morgan fingerprint density at radius 2 is 1.88 bits per heavy atom. The molecule has 0 radical (unpaired) electrons. The highest BCUT2D eigenvalue weighted by atomic mass is 16.5. The molecule has 3 nitrogen and oxygen atoms in total. The molecule has 3 rings (SSSR count). The quantitative estimate of drug-likeness (QED) is 0.579. The molecule has 0 N–H and O–H groups in total. The van der Waals surface area contributed by atoms with Crippen LogP contribution in [-0.4, -0.2) is 17.1 Å². The molecule has 0 bridgehead atoms. The number of nitrogens with zero attached hydrogens (tertiary/aromatic N) is 2. The number of pyridine rings is 2. The summed E-state index contributed by atoms with van der Waals surface area (Å²) >= 11 is 0. The van der Waals surface area contributed by atoms with Crippen LogP contribution in [0.5, 0.6) is 5.75 Å². The van der Waals surface area contributed by atoms with E-state index in [0.29, 0.717) is 0 Å². The highest BCUT2D eigenvalue weighted by Crippen LogP contribution is 2.31. The summed E-state index contributed by atoms with van der Waals surface area (Å²) in [6, 6.07) is 9.85. The number of hydrogen-bond donors (Lipinski definition) is 0. The Balaban J connectivity index is 2.56. The molecule has 0 fully saturated rings. The normalized spacial score (nSPS) is 10.8. The van der Waals surface area contributed by atoms with E-state index in [1.807, 2.05) is 30.3 Å². The summed E-state index contributed by atoms with van der Waals surface area (Å²) in [5, 5.41) is 2.04. The predicted molar refractivity (Wildman–Crippen MR) is 63.6 cm³/mol. The third-order valence-corrected chi connectivity index (χ3v) is 2.63. The standard InChI is InChI=1S/C13H10N2O/c1-16-13-10-5-3-6-14-11(10)8-9-4-2-7-15-12(9)13/h2-8H,1H3. The van der Waals surface area contributed by atoms with Gasteiger partial charge in [0.25, 0.3) is 0 Å². The second-order valence-corrected chi connectivity index (χ2v) is 3.56. The van der Waals surface area contributed by atoms with E-state index in [2.05, 4.69) is 9.97 Å². The van der Waals surface area contributed by atoms with E-state index < -0.39 is 0 Å². The zero-order chi connectivity index (χ0) is 11.0. The summed E-state index contributed by atoms with van der Waals surface area (Å²) in [6.07, 6.45) is 3.55. The smallest absolute Gasteiger partial charge is 0.154 e. The van der Waals surface area contributed by atoms with Gasteiger partial charge in [0, 0.05) is 23.2 Å². The molecular formula is C13H10N2O. The summed E-state index contributed by atoms with van der Waals surface area (Å²) < 4.78 is 5.44. The monoisotopic (exact) mass is 210 g/mol. The van der Waals surface area contributed by atoms with Gasteiger partial charge < -0.3 is 4.74 Å². The van der Waals surface area contributed by atoms with Crippen molar-refractivity contribution >= 4 is 21.8 Å². The first-order chi connectivity index (χ1) is 7.90. The Morgan fingerprint density at radius 1 is 1.06 bits per heavy atom. The van der Waals surface area contributed by atoms with Crippen molar-refractivity contribution in [2.75, 3.05) is 7.11 Å². The van der Waals surface area contributed by atoms with Crippen LogP contribution in [0.15, 0.2) is 42.7 Å². The van der Waals surface area contributed by atoms with Crippen LogP contribution in [0.1, 0.15) is 0 Å². The summed E-state index contributed by atoms with van der Waals surface area (Å²) in [5.74, 6) is 0.793. The largest absolute Gasteiger partial charge is 0.494 e. The van der Waals surface area contributed by atoms with Gasteiger partial charge in [0.2, 0.25) is 0 Å². The van der Waals surface area contributed by atoms with Crippen molar-refractivity contribution in [3.8, 4) is 5.75 Å². The first-order valence-electron chi connectivity index (χ1n) is 5.06. The number of ether oxygens (including phenoxy) is 1. The van der Waals surface area contributed by atoms with Gasteiger partial charge in [0.1, 0.15) is 5.52 Å². The van der Waals surface area contributed by atoms with E-state index in [1.165, 1.54) is 0 Å². The molecule has 0 amide bonds. The fraction of sp³-hybridized carbons (Fsp3) is 0.0769. The minimum Gasteiger partial charge on any atom is -0.494 e. The van der Waals surface area contributed by atoms with Crippen molar-refractivity contribution in [3.63, 3.8) is 0 Å². The molecule has 1 aromatic carbocycles. The molecule has 2 heterocycles. The van der Waals surface area contributed by atoms with Crippen LogP contribution >= 0.6 is 0 Å². The zero-order valence-electron chi connectivity index (χ0n) is 8.84. The summed E-state index contributed by atoms with van der Waals surface area (Å²) in [7, 11) is 1.66. The first-order valence-corrected chi connectivity index (χ1v) is 5.06. The van der Waals surface area contributed by atoms with Crippen LogP contribution in [0.3, 0.4) is 0 Å². The van der Waals surface area contributed by atoms with Gasteiger partial charge in [0.15, 0.2) is 5.75 Å². The molecule has 0 saturated heterocycles. The molecular weight excluding hydrogens is 200 g/mol. The Hall–Kier alpha value is -2.16. The Labute approximate surface area is 92.7 Å². The van der Waals surface area contributed by atoms with E-state index in [-0.39, 0.29) is 0 Å². The molecule has 0 atom stereocenters. The average molecular weight is 210 g/mol. The highest BCUT2D eigenvalue weighted by Gasteiger charge is 2.08. The number of hydrogen-bond acceptors (Lipinski definition) is 3. The molecule has 3 heteroatoms. The fourth-order valence-corrected chi connectivity index (χ4v) is 1.93. The SMILES string of the molecule is COc1c2cccnc2cc2cccnc12. The van der Waals surface area contributed by atoms with Crippen molar-refractivity contribution in [3.05, 3.63) is 42.7 Å². The Bertz CT molecular complexity index is 610. The van der Waals surface area contributed by atoms with Gasteiger partial charge in [-0.15, -0.1) is 0 Å². The lowest BCUT2D eigenvalue weighted by Gasteiger charge is -2.07. The van der Waals surface area contributed by atoms with Gasteiger partial charge >= 0.3 is 0 Å². The third kappa shape index (κ3) is 1.21. The van der Waals surface area contributed by atoms with Gasteiger partial charge in [-0.25, -0.2) is 0 Å². The van der Waals surface area contributed by atoms with E-state index >= 15 is 0 Å². The van der Waals surface area contributed by atoms with Crippen LogP contribution in [0, 0.1) is 0 Å². The maximum absolute atomic E-state index is 5.44. The summed E-state index contributed by atoms with van der Waals surface area (Å²) in [6.45, 7) is 0. The molecule has 0 spiro atoms. The van der Waals surface area contributed by atoms with Crippen molar-refractivity contribution in [1.29, 1.82) is 0 Å². The number of methoxy groups -OCH3 is 1. The molecule has 0 saturated carbocycles. The molecule has 78 valence electrons. The lowest BCUT2D eigenvalue weighted by atomic mass is 10.1. The number of fused-ring (bicyclic) bond motifs is 2. The van der Waals surface area contributed by atoms with E-state index in [1.54, 1.807) is 19.5 Å². The lowest BCUT2D eigenvalue weighted by molar-refractivity contribution is 0.423. The van der Waals surface area contributed by atoms with Crippen LogP contribution < -0.4 is 4.74 Å². The van der Waals surface area contributed by atoms with Crippen molar-refractivity contribution in [1.82, 2.24) is 9.97 Å². The molecule has 0 unspecified atom stereocenters. The molecule has 0 aliphatic rings. The third-order valence-electron chi connectivity index (χ3n) is 2.63. The predicted octanol–water partition coefficient (Wildman–Crippen LogP) is 2.79. The van der Waals surface area contributed by atoms with Gasteiger partial charge in [-0.1, -0.05) is 6.07 Å². The van der Waals surface area contributed by atoms with Crippen molar-refractivity contribution in [2.24, 2.45) is 0 Å². The van der Waals surface area contributed by atoms with Crippen LogP contribution in [0.25, 0.3) is 21.8 Å². The Morgan fingerprint density at radius 3 is 2.75 bits per heavy atom. The number of aromatic nitrogens is 2.